The summed E-state index contributed by atoms with van der Waals surface area (Å²) in [6.45, 7) is 4.68. The number of ether oxygens (including phenoxy) is 2. The molecule has 114 valence electrons. The largest absolute Gasteiger partial charge is 0.496 e. The number of aryl methyl sites for hydroxylation is 1. The van der Waals surface area contributed by atoms with Gasteiger partial charge in [0.05, 0.1) is 7.11 Å². The topological polar surface area (TPSA) is 46.1 Å². The summed E-state index contributed by atoms with van der Waals surface area (Å²) in [5.41, 5.74) is 5.13. The number of benzene rings is 2. The molecule has 2 aromatic rings. The Balaban J connectivity index is 1.75. The third-order valence-corrected chi connectivity index (χ3v) is 3.62. The normalized spacial score (nSPS) is 13.6. The molecule has 1 aliphatic rings. The lowest BCUT2D eigenvalue weighted by Crippen LogP contribution is -2.27. The first-order valence-corrected chi connectivity index (χ1v) is 7.14. The van der Waals surface area contributed by atoms with Crippen molar-refractivity contribution in [3.63, 3.8) is 0 Å². The van der Waals surface area contributed by atoms with Gasteiger partial charge < -0.3 is 14.4 Å². The molecule has 2 aromatic carbocycles. The Hall–Kier alpha value is -2.69. The van der Waals surface area contributed by atoms with E-state index in [0.717, 1.165) is 34.3 Å². The van der Waals surface area contributed by atoms with Crippen LogP contribution in [0.4, 0.5) is 5.69 Å². The summed E-state index contributed by atoms with van der Waals surface area (Å²) < 4.78 is 11.2. The summed E-state index contributed by atoms with van der Waals surface area (Å²) in [6.07, 6.45) is 0. The number of hydrazone groups is 1. The molecule has 0 saturated heterocycles. The fourth-order valence-electron chi connectivity index (χ4n) is 2.37. The van der Waals surface area contributed by atoms with Crippen molar-refractivity contribution in [1.82, 2.24) is 5.43 Å². The third-order valence-electron chi connectivity index (χ3n) is 3.62. The van der Waals surface area contributed by atoms with Crippen LogP contribution in [0.3, 0.4) is 0 Å². The second-order valence-corrected chi connectivity index (χ2v) is 5.13. The highest BCUT2D eigenvalue weighted by Crippen LogP contribution is 2.29. The summed E-state index contributed by atoms with van der Waals surface area (Å²) in [5, 5.41) is 4.16. The van der Waals surface area contributed by atoms with Crippen molar-refractivity contribution in [1.29, 1.82) is 0 Å². The van der Waals surface area contributed by atoms with Gasteiger partial charge in [-0.1, -0.05) is 6.07 Å². The van der Waals surface area contributed by atoms with Crippen molar-refractivity contribution in [3.05, 3.63) is 48.0 Å². The van der Waals surface area contributed by atoms with Crippen LogP contribution in [0.2, 0.25) is 0 Å². The van der Waals surface area contributed by atoms with Gasteiger partial charge in [0, 0.05) is 11.8 Å². The van der Waals surface area contributed by atoms with Crippen LogP contribution >= 0.6 is 0 Å². The first-order valence-electron chi connectivity index (χ1n) is 7.14. The fourth-order valence-corrected chi connectivity index (χ4v) is 2.37. The van der Waals surface area contributed by atoms with E-state index in [-0.39, 0.29) is 0 Å². The minimum absolute atomic E-state index is 0.696. The molecule has 1 heterocycles. The van der Waals surface area contributed by atoms with Crippen LogP contribution in [0.5, 0.6) is 17.2 Å². The molecule has 0 radical (unpaired) electrons. The Morgan fingerprint density at radius 2 is 1.77 bits per heavy atom. The Kier molecular flexibility index (Phi) is 3.87. The molecular weight excluding hydrogens is 278 g/mol. The summed E-state index contributed by atoms with van der Waals surface area (Å²) in [6, 6.07) is 13.8. The highest BCUT2D eigenvalue weighted by molar-refractivity contribution is 5.96. The van der Waals surface area contributed by atoms with Crippen molar-refractivity contribution in [2.45, 2.75) is 13.8 Å². The lowest BCUT2D eigenvalue weighted by Gasteiger charge is -2.17. The monoisotopic (exact) mass is 297 g/mol. The average Bonchev–Trinajstić information content (AvgIpc) is 2.96. The maximum absolute atomic E-state index is 5.88. The summed E-state index contributed by atoms with van der Waals surface area (Å²) >= 11 is 0. The lowest BCUT2D eigenvalue weighted by molar-refractivity contribution is 0.406. The number of rotatable bonds is 4. The maximum atomic E-state index is 5.88. The van der Waals surface area contributed by atoms with E-state index in [1.807, 2.05) is 56.3 Å². The van der Waals surface area contributed by atoms with Crippen LogP contribution in [-0.2, 0) is 0 Å². The van der Waals surface area contributed by atoms with E-state index in [9.17, 15) is 0 Å². The predicted molar refractivity (Wildman–Crippen MR) is 87.8 cm³/mol. The molecule has 0 bridgehead atoms. The molecule has 22 heavy (non-hydrogen) atoms. The third kappa shape index (κ3) is 2.83. The zero-order chi connectivity index (χ0) is 15.5. The number of hydrogen-bond donors (Lipinski definition) is 1. The van der Waals surface area contributed by atoms with E-state index >= 15 is 0 Å². The molecule has 1 aliphatic heterocycles. The molecule has 5 nitrogen and oxygen atoms in total. The second-order valence-electron chi connectivity index (χ2n) is 5.13. The summed E-state index contributed by atoms with van der Waals surface area (Å²) in [5.74, 6) is 3.33. The van der Waals surface area contributed by atoms with Gasteiger partial charge in [0.1, 0.15) is 29.8 Å². The molecule has 0 spiro atoms. The number of methoxy groups -OCH3 is 1. The van der Waals surface area contributed by atoms with Crippen molar-refractivity contribution in [2.24, 2.45) is 5.10 Å². The smallest absolute Gasteiger partial charge is 0.131 e. The summed E-state index contributed by atoms with van der Waals surface area (Å²) in [7, 11) is 1.66. The van der Waals surface area contributed by atoms with Crippen LogP contribution < -0.4 is 19.8 Å². The standard InChI is InChI=1S/C17H19N3O2/c1-12-4-7-16(10-17(12)21-3)22-15-8-5-14(6-9-15)20-11-18-19-13(20)2/h4-10,18H,11H2,1-3H3. The Morgan fingerprint density at radius 1 is 1.05 bits per heavy atom. The zero-order valence-corrected chi connectivity index (χ0v) is 13.0. The molecular formula is C17H19N3O2. The fraction of sp³-hybridized carbons (Fsp3) is 0.235. The average molecular weight is 297 g/mol. The van der Waals surface area contributed by atoms with Crippen LogP contribution in [0.25, 0.3) is 0 Å². The quantitative estimate of drug-likeness (QED) is 0.938. The van der Waals surface area contributed by atoms with Gasteiger partial charge in [-0.3, -0.25) is 5.43 Å². The van der Waals surface area contributed by atoms with Gasteiger partial charge in [0.25, 0.3) is 0 Å². The minimum Gasteiger partial charge on any atom is -0.496 e. The zero-order valence-electron chi connectivity index (χ0n) is 13.0. The number of nitrogens with zero attached hydrogens (tertiary/aromatic N) is 2. The number of anilines is 1. The number of hydrogen-bond acceptors (Lipinski definition) is 5. The second kappa shape index (κ2) is 5.97. The van der Waals surface area contributed by atoms with E-state index < -0.39 is 0 Å². The Bertz CT molecular complexity index is 696. The first-order chi connectivity index (χ1) is 10.7. The van der Waals surface area contributed by atoms with Gasteiger partial charge in [-0.2, -0.15) is 5.10 Å². The number of amidine groups is 1. The Labute approximate surface area is 130 Å². The van der Waals surface area contributed by atoms with Gasteiger partial charge in [0.15, 0.2) is 0 Å². The van der Waals surface area contributed by atoms with Gasteiger partial charge in [-0.25, -0.2) is 0 Å². The van der Waals surface area contributed by atoms with Crippen LogP contribution in [0.1, 0.15) is 12.5 Å². The molecule has 0 amide bonds. The van der Waals surface area contributed by atoms with E-state index in [4.69, 9.17) is 9.47 Å². The van der Waals surface area contributed by atoms with Gasteiger partial charge in [-0.05, 0) is 49.7 Å². The number of nitrogens with one attached hydrogen (secondary N) is 1. The van der Waals surface area contributed by atoms with Crippen LogP contribution in [0.15, 0.2) is 47.6 Å². The maximum Gasteiger partial charge on any atom is 0.131 e. The lowest BCUT2D eigenvalue weighted by atomic mass is 10.2. The molecule has 0 unspecified atom stereocenters. The highest BCUT2D eigenvalue weighted by atomic mass is 16.5. The van der Waals surface area contributed by atoms with Gasteiger partial charge >= 0.3 is 0 Å². The molecule has 0 saturated carbocycles. The van der Waals surface area contributed by atoms with Crippen molar-refractivity contribution in [3.8, 4) is 17.2 Å². The molecule has 0 fully saturated rings. The van der Waals surface area contributed by atoms with E-state index in [0.29, 0.717) is 6.67 Å². The van der Waals surface area contributed by atoms with Gasteiger partial charge in [0.2, 0.25) is 0 Å². The molecule has 0 aromatic heterocycles. The summed E-state index contributed by atoms with van der Waals surface area (Å²) in [4.78, 5) is 2.10. The highest BCUT2D eigenvalue weighted by Gasteiger charge is 2.14. The molecule has 5 heteroatoms. The Morgan fingerprint density at radius 3 is 2.41 bits per heavy atom. The molecule has 0 atom stereocenters. The minimum atomic E-state index is 0.696. The van der Waals surface area contributed by atoms with Crippen molar-refractivity contribution >= 4 is 11.5 Å². The van der Waals surface area contributed by atoms with Crippen LogP contribution in [-0.4, -0.2) is 19.6 Å². The van der Waals surface area contributed by atoms with E-state index in [1.165, 1.54) is 0 Å². The van der Waals surface area contributed by atoms with Crippen LogP contribution in [0, 0.1) is 6.92 Å². The first kappa shape index (κ1) is 14.3. The van der Waals surface area contributed by atoms with E-state index in [1.54, 1.807) is 7.11 Å². The van der Waals surface area contributed by atoms with Crippen molar-refractivity contribution in [2.75, 3.05) is 18.7 Å². The predicted octanol–water partition coefficient (Wildman–Crippen LogP) is 3.50. The molecule has 0 aliphatic carbocycles. The SMILES string of the molecule is COc1cc(Oc2ccc(N3CNN=C3C)cc2)ccc1C. The van der Waals surface area contributed by atoms with Gasteiger partial charge in [-0.15, -0.1) is 0 Å². The molecule has 3 rings (SSSR count). The molecule has 1 N–H and O–H groups in total. The van der Waals surface area contributed by atoms with E-state index in [2.05, 4.69) is 15.4 Å². The van der Waals surface area contributed by atoms with Crippen molar-refractivity contribution < 1.29 is 9.47 Å².